The van der Waals surface area contributed by atoms with E-state index in [1.807, 2.05) is 24.3 Å². The Morgan fingerprint density at radius 1 is 1.14 bits per heavy atom. The number of rotatable bonds is 6. The van der Waals surface area contributed by atoms with E-state index in [-0.39, 0.29) is 18.0 Å². The van der Waals surface area contributed by atoms with Gasteiger partial charge in [0, 0.05) is 12.3 Å². The molecule has 0 unspecified atom stereocenters. The van der Waals surface area contributed by atoms with E-state index < -0.39 is 4.92 Å². The van der Waals surface area contributed by atoms with Crippen LogP contribution in [-0.4, -0.2) is 21.7 Å². The minimum Gasteiger partial charge on any atom is -0.508 e. The summed E-state index contributed by atoms with van der Waals surface area (Å²) in [5.41, 5.74) is 1.95. The summed E-state index contributed by atoms with van der Waals surface area (Å²) in [6.07, 6.45) is 1.49. The highest BCUT2D eigenvalue weighted by molar-refractivity contribution is 5.70. The molecule has 2 aromatic carbocycles. The monoisotopic (exact) mass is 288 g/mol. The van der Waals surface area contributed by atoms with E-state index >= 15 is 0 Å². The molecule has 6 heteroatoms. The summed E-state index contributed by atoms with van der Waals surface area (Å²) in [5, 5.41) is 32.0. The SMILES string of the molecule is O=[N+]([O-])c1cc(O)ccc1Nc1ccc(CCCO)cc1. The summed E-state index contributed by atoms with van der Waals surface area (Å²) in [6, 6.07) is 11.4. The van der Waals surface area contributed by atoms with Crippen molar-refractivity contribution in [3.05, 3.63) is 58.1 Å². The Kier molecular flexibility index (Phi) is 4.73. The molecule has 21 heavy (non-hydrogen) atoms. The number of nitrogens with zero attached hydrogens (tertiary/aromatic N) is 1. The van der Waals surface area contributed by atoms with E-state index in [2.05, 4.69) is 5.32 Å². The van der Waals surface area contributed by atoms with Gasteiger partial charge in [-0.15, -0.1) is 0 Å². The first-order valence-electron chi connectivity index (χ1n) is 6.54. The minimum absolute atomic E-state index is 0.147. The zero-order valence-corrected chi connectivity index (χ0v) is 11.3. The van der Waals surface area contributed by atoms with E-state index in [0.29, 0.717) is 12.1 Å². The highest BCUT2D eigenvalue weighted by atomic mass is 16.6. The van der Waals surface area contributed by atoms with E-state index in [1.165, 1.54) is 12.1 Å². The van der Waals surface area contributed by atoms with Crippen molar-refractivity contribution in [3.8, 4) is 5.75 Å². The molecule has 0 bridgehead atoms. The molecule has 2 rings (SSSR count). The van der Waals surface area contributed by atoms with Gasteiger partial charge in [-0.3, -0.25) is 10.1 Å². The summed E-state index contributed by atoms with van der Waals surface area (Å²) in [4.78, 5) is 10.4. The van der Waals surface area contributed by atoms with Crippen molar-refractivity contribution in [2.45, 2.75) is 12.8 Å². The first kappa shape index (κ1) is 14.8. The van der Waals surface area contributed by atoms with Crippen LogP contribution in [0.5, 0.6) is 5.75 Å². The maximum Gasteiger partial charge on any atom is 0.296 e. The first-order valence-corrected chi connectivity index (χ1v) is 6.54. The lowest BCUT2D eigenvalue weighted by Gasteiger charge is -2.08. The van der Waals surface area contributed by atoms with Crippen molar-refractivity contribution >= 4 is 17.1 Å². The fraction of sp³-hybridized carbons (Fsp3) is 0.200. The Morgan fingerprint density at radius 2 is 1.86 bits per heavy atom. The molecule has 0 aliphatic carbocycles. The van der Waals surface area contributed by atoms with Crippen LogP contribution in [0.15, 0.2) is 42.5 Å². The molecule has 110 valence electrons. The van der Waals surface area contributed by atoms with Gasteiger partial charge in [-0.25, -0.2) is 0 Å². The third-order valence-electron chi connectivity index (χ3n) is 3.03. The number of aliphatic hydroxyl groups is 1. The number of hydrogen-bond acceptors (Lipinski definition) is 5. The zero-order valence-electron chi connectivity index (χ0n) is 11.3. The van der Waals surface area contributed by atoms with Crippen LogP contribution in [0.1, 0.15) is 12.0 Å². The highest BCUT2D eigenvalue weighted by Gasteiger charge is 2.14. The molecule has 0 spiro atoms. The molecule has 2 aromatic rings. The molecule has 6 nitrogen and oxygen atoms in total. The molecule has 0 fully saturated rings. The van der Waals surface area contributed by atoms with Gasteiger partial charge < -0.3 is 15.5 Å². The van der Waals surface area contributed by atoms with Crippen molar-refractivity contribution in [2.24, 2.45) is 0 Å². The Morgan fingerprint density at radius 3 is 2.48 bits per heavy atom. The Balaban J connectivity index is 2.16. The maximum atomic E-state index is 11.0. The fourth-order valence-corrected chi connectivity index (χ4v) is 1.97. The van der Waals surface area contributed by atoms with Crippen LogP contribution in [0.3, 0.4) is 0 Å². The topological polar surface area (TPSA) is 95.6 Å². The van der Waals surface area contributed by atoms with Crippen molar-refractivity contribution < 1.29 is 15.1 Å². The van der Waals surface area contributed by atoms with Crippen LogP contribution in [0.4, 0.5) is 17.1 Å². The standard InChI is InChI=1S/C15H16N2O4/c18-9-1-2-11-3-5-12(6-4-11)16-14-8-7-13(19)10-15(14)17(20)21/h3-8,10,16,18-19H,1-2,9H2. The minimum atomic E-state index is -0.544. The van der Waals surface area contributed by atoms with E-state index in [4.69, 9.17) is 5.11 Å². The number of nitro groups is 1. The largest absolute Gasteiger partial charge is 0.508 e. The number of hydrogen-bond donors (Lipinski definition) is 3. The third-order valence-corrected chi connectivity index (χ3v) is 3.03. The van der Waals surface area contributed by atoms with Gasteiger partial charge in [-0.05, 0) is 42.7 Å². The number of benzene rings is 2. The summed E-state index contributed by atoms with van der Waals surface area (Å²) in [5.74, 6) is -0.147. The predicted molar refractivity (Wildman–Crippen MR) is 79.9 cm³/mol. The average molecular weight is 288 g/mol. The summed E-state index contributed by atoms with van der Waals surface area (Å²) in [6.45, 7) is 0.152. The second-order valence-corrected chi connectivity index (χ2v) is 4.61. The van der Waals surface area contributed by atoms with Gasteiger partial charge in [-0.2, -0.15) is 0 Å². The number of nitro benzene ring substituents is 1. The summed E-state index contributed by atoms with van der Waals surface area (Å²) >= 11 is 0. The molecule has 0 atom stereocenters. The Hall–Kier alpha value is -2.60. The first-order chi connectivity index (χ1) is 10.1. The van der Waals surface area contributed by atoms with Crippen LogP contribution in [0, 0.1) is 10.1 Å². The van der Waals surface area contributed by atoms with Crippen LogP contribution < -0.4 is 5.32 Å². The van der Waals surface area contributed by atoms with Gasteiger partial charge in [0.15, 0.2) is 0 Å². The summed E-state index contributed by atoms with van der Waals surface area (Å²) in [7, 11) is 0. The van der Waals surface area contributed by atoms with Crippen molar-refractivity contribution in [1.29, 1.82) is 0 Å². The van der Waals surface area contributed by atoms with Gasteiger partial charge in [0.2, 0.25) is 0 Å². The smallest absolute Gasteiger partial charge is 0.296 e. The van der Waals surface area contributed by atoms with Crippen LogP contribution in [0.25, 0.3) is 0 Å². The molecule has 0 heterocycles. The summed E-state index contributed by atoms with van der Waals surface area (Å²) < 4.78 is 0. The number of anilines is 2. The van der Waals surface area contributed by atoms with Crippen LogP contribution >= 0.6 is 0 Å². The van der Waals surface area contributed by atoms with Gasteiger partial charge in [0.25, 0.3) is 5.69 Å². The fourth-order valence-electron chi connectivity index (χ4n) is 1.97. The lowest BCUT2D eigenvalue weighted by molar-refractivity contribution is -0.384. The third kappa shape index (κ3) is 3.93. The normalized spacial score (nSPS) is 10.3. The van der Waals surface area contributed by atoms with Gasteiger partial charge in [0.05, 0.1) is 11.0 Å². The van der Waals surface area contributed by atoms with Gasteiger partial charge in [-0.1, -0.05) is 12.1 Å². The molecular formula is C15H16N2O4. The maximum absolute atomic E-state index is 11.0. The predicted octanol–water partition coefficient (Wildman–Crippen LogP) is 2.97. The Bertz CT molecular complexity index is 626. The molecular weight excluding hydrogens is 272 g/mol. The zero-order chi connectivity index (χ0) is 15.2. The van der Waals surface area contributed by atoms with Crippen LogP contribution in [-0.2, 0) is 6.42 Å². The second kappa shape index (κ2) is 6.71. The van der Waals surface area contributed by atoms with Crippen LogP contribution in [0.2, 0.25) is 0 Å². The number of aliphatic hydroxyl groups excluding tert-OH is 1. The Labute approximate surface area is 121 Å². The number of phenols is 1. The molecule has 0 aromatic heterocycles. The van der Waals surface area contributed by atoms with Gasteiger partial charge in [0.1, 0.15) is 11.4 Å². The van der Waals surface area contributed by atoms with E-state index in [9.17, 15) is 15.2 Å². The highest BCUT2D eigenvalue weighted by Crippen LogP contribution is 2.30. The van der Waals surface area contributed by atoms with E-state index in [1.54, 1.807) is 0 Å². The number of aromatic hydroxyl groups is 1. The van der Waals surface area contributed by atoms with Crippen molar-refractivity contribution in [1.82, 2.24) is 0 Å². The van der Waals surface area contributed by atoms with E-state index in [0.717, 1.165) is 23.7 Å². The lowest BCUT2D eigenvalue weighted by Crippen LogP contribution is -1.97. The molecule has 0 amide bonds. The quantitative estimate of drug-likeness (QED) is 0.431. The molecule has 0 aliphatic heterocycles. The van der Waals surface area contributed by atoms with Gasteiger partial charge >= 0.3 is 0 Å². The molecule has 0 saturated carbocycles. The molecule has 0 radical (unpaired) electrons. The molecule has 0 aliphatic rings. The number of aryl methyl sites for hydroxylation is 1. The number of phenolic OH excluding ortho intramolecular Hbond substituents is 1. The average Bonchev–Trinajstić information content (AvgIpc) is 2.48. The lowest BCUT2D eigenvalue weighted by atomic mass is 10.1. The molecule has 0 saturated heterocycles. The second-order valence-electron chi connectivity index (χ2n) is 4.61. The van der Waals surface area contributed by atoms with Crippen molar-refractivity contribution in [3.63, 3.8) is 0 Å². The number of nitrogens with one attached hydrogen (secondary N) is 1. The van der Waals surface area contributed by atoms with Crippen molar-refractivity contribution in [2.75, 3.05) is 11.9 Å². The molecule has 3 N–H and O–H groups in total.